The maximum absolute atomic E-state index is 10.7. The molecule has 0 saturated carbocycles. The highest BCUT2D eigenvalue weighted by atomic mass is 16.5. The van der Waals surface area contributed by atoms with E-state index >= 15 is 0 Å². The van der Waals surface area contributed by atoms with Crippen LogP contribution in [0, 0.1) is 6.92 Å². The van der Waals surface area contributed by atoms with Crippen LogP contribution in [0.25, 0.3) is 0 Å². The third kappa shape index (κ3) is 5.13. The maximum Gasteiger partial charge on any atom is 0.335 e. The first-order valence-corrected chi connectivity index (χ1v) is 7.31. The van der Waals surface area contributed by atoms with Crippen molar-refractivity contribution in [2.24, 2.45) is 0 Å². The van der Waals surface area contributed by atoms with Gasteiger partial charge >= 0.3 is 5.97 Å². The standard InChI is InChI=1S/C18H20O4/c1-14-5-4-6-17(13-14)22-12-3-2-11-21-16-9-7-15(8-10-16)18(19)20/h4-10,13H,2-3,11-12H2,1H3,(H,19,20). The van der Waals surface area contributed by atoms with E-state index in [1.165, 1.54) is 5.56 Å². The Bertz CT molecular complexity index is 605. The Morgan fingerprint density at radius 1 is 0.955 bits per heavy atom. The number of hydrogen-bond acceptors (Lipinski definition) is 3. The maximum atomic E-state index is 10.7. The summed E-state index contributed by atoms with van der Waals surface area (Å²) in [5, 5.41) is 8.81. The Morgan fingerprint density at radius 2 is 1.59 bits per heavy atom. The molecule has 2 aromatic rings. The molecular formula is C18H20O4. The Balaban J connectivity index is 1.62. The molecule has 0 heterocycles. The van der Waals surface area contributed by atoms with Crippen molar-refractivity contribution in [1.82, 2.24) is 0 Å². The number of carboxylic acid groups (broad SMARTS) is 1. The van der Waals surface area contributed by atoms with Crippen molar-refractivity contribution in [3.8, 4) is 11.5 Å². The first-order chi connectivity index (χ1) is 10.6. The summed E-state index contributed by atoms with van der Waals surface area (Å²) >= 11 is 0. The molecule has 22 heavy (non-hydrogen) atoms. The third-order valence-corrected chi connectivity index (χ3v) is 3.17. The van der Waals surface area contributed by atoms with Gasteiger partial charge in [-0.15, -0.1) is 0 Å². The van der Waals surface area contributed by atoms with Gasteiger partial charge in [-0.3, -0.25) is 0 Å². The molecule has 0 aliphatic heterocycles. The van der Waals surface area contributed by atoms with Gasteiger partial charge in [-0.1, -0.05) is 12.1 Å². The highest BCUT2D eigenvalue weighted by Crippen LogP contribution is 2.14. The van der Waals surface area contributed by atoms with Crippen molar-refractivity contribution >= 4 is 5.97 Å². The molecule has 4 nitrogen and oxygen atoms in total. The summed E-state index contributed by atoms with van der Waals surface area (Å²) in [6, 6.07) is 14.4. The molecule has 0 saturated heterocycles. The van der Waals surface area contributed by atoms with E-state index < -0.39 is 5.97 Å². The highest BCUT2D eigenvalue weighted by molar-refractivity contribution is 5.87. The summed E-state index contributed by atoms with van der Waals surface area (Å²) in [6.07, 6.45) is 1.79. The molecular weight excluding hydrogens is 280 g/mol. The van der Waals surface area contributed by atoms with E-state index in [1.807, 2.05) is 31.2 Å². The molecule has 0 aromatic heterocycles. The quantitative estimate of drug-likeness (QED) is 0.750. The lowest BCUT2D eigenvalue weighted by molar-refractivity contribution is 0.0697. The Hall–Kier alpha value is -2.49. The first-order valence-electron chi connectivity index (χ1n) is 7.31. The first kappa shape index (κ1) is 15.9. The van der Waals surface area contributed by atoms with E-state index in [4.69, 9.17) is 14.6 Å². The zero-order valence-electron chi connectivity index (χ0n) is 12.6. The van der Waals surface area contributed by atoms with Crippen LogP contribution in [0.5, 0.6) is 11.5 Å². The van der Waals surface area contributed by atoms with Gasteiger partial charge in [-0.05, 0) is 61.7 Å². The van der Waals surface area contributed by atoms with Crippen LogP contribution in [-0.2, 0) is 0 Å². The van der Waals surface area contributed by atoms with Gasteiger partial charge in [-0.2, -0.15) is 0 Å². The van der Waals surface area contributed by atoms with Crippen LogP contribution in [0.4, 0.5) is 0 Å². The smallest absolute Gasteiger partial charge is 0.335 e. The van der Waals surface area contributed by atoms with Gasteiger partial charge in [0.2, 0.25) is 0 Å². The number of carbonyl (C=O) groups is 1. The number of hydrogen-bond donors (Lipinski definition) is 1. The second-order valence-electron chi connectivity index (χ2n) is 5.05. The second-order valence-corrected chi connectivity index (χ2v) is 5.05. The predicted molar refractivity (Wildman–Crippen MR) is 84.8 cm³/mol. The van der Waals surface area contributed by atoms with Crippen molar-refractivity contribution in [2.45, 2.75) is 19.8 Å². The lowest BCUT2D eigenvalue weighted by atomic mass is 10.2. The van der Waals surface area contributed by atoms with Gasteiger partial charge in [0.15, 0.2) is 0 Å². The van der Waals surface area contributed by atoms with Crippen molar-refractivity contribution < 1.29 is 19.4 Å². The summed E-state index contributed by atoms with van der Waals surface area (Å²) in [4.78, 5) is 10.7. The average molecular weight is 300 g/mol. The molecule has 1 N–H and O–H groups in total. The molecule has 0 radical (unpaired) electrons. The number of rotatable bonds is 8. The van der Waals surface area contributed by atoms with Crippen molar-refractivity contribution in [3.63, 3.8) is 0 Å². The second kappa shape index (κ2) is 8.08. The molecule has 0 atom stereocenters. The number of benzene rings is 2. The van der Waals surface area contributed by atoms with E-state index in [0.717, 1.165) is 18.6 Å². The molecule has 0 amide bonds. The molecule has 0 spiro atoms. The largest absolute Gasteiger partial charge is 0.494 e. The highest BCUT2D eigenvalue weighted by Gasteiger charge is 2.02. The lowest BCUT2D eigenvalue weighted by Crippen LogP contribution is -2.03. The molecule has 4 heteroatoms. The van der Waals surface area contributed by atoms with E-state index in [1.54, 1.807) is 24.3 Å². The van der Waals surface area contributed by atoms with Gasteiger partial charge in [0.05, 0.1) is 18.8 Å². The number of unbranched alkanes of at least 4 members (excludes halogenated alkanes) is 1. The van der Waals surface area contributed by atoms with Crippen molar-refractivity contribution in [2.75, 3.05) is 13.2 Å². The zero-order chi connectivity index (χ0) is 15.8. The fraction of sp³-hybridized carbons (Fsp3) is 0.278. The topological polar surface area (TPSA) is 55.8 Å². The predicted octanol–water partition coefficient (Wildman–Crippen LogP) is 3.93. The van der Waals surface area contributed by atoms with Gasteiger partial charge in [0.25, 0.3) is 0 Å². The fourth-order valence-corrected chi connectivity index (χ4v) is 1.98. The molecule has 2 rings (SSSR count). The number of aromatic carboxylic acids is 1. The third-order valence-electron chi connectivity index (χ3n) is 3.17. The number of aryl methyl sites for hydroxylation is 1. The SMILES string of the molecule is Cc1cccc(OCCCCOc2ccc(C(=O)O)cc2)c1. The van der Waals surface area contributed by atoms with E-state index in [-0.39, 0.29) is 5.56 Å². The summed E-state index contributed by atoms with van der Waals surface area (Å²) in [6.45, 7) is 3.28. The average Bonchev–Trinajstić information content (AvgIpc) is 2.51. The number of ether oxygens (including phenoxy) is 2. The molecule has 116 valence electrons. The van der Waals surface area contributed by atoms with Gasteiger partial charge in [0, 0.05) is 0 Å². The van der Waals surface area contributed by atoms with E-state index in [9.17, 15) is 4.79 Å². The molecule has 0 unspecified atom stereocenters. The minimum absolute atomic E-state index is 0.263. The molecule has 0 aliphatic carbocycles. The van der Waals surface area contributed by atoms with Crippen molar-refractivity contribution in [1.29, 1.82) is 0 Å². The van der Waals surface area contributed by atoms with E-state index in [2.05, 4.69) is 0 Å². The lowest BCUT2D eigenvalue weighted by Gasteiger charge is -2.08. The monoisotopic (exact) mass is 300 g/mol. The van der Waals surface area contributed by atoms with Gasteiger partial charge < -0.3 is 14.6 Å². The fourth-order valence-electron chi connectivity index (χ4n) is 1.98. The summed E-state index contributed by atoms with van der Waals surface area (Å²) in [5.74, 6) is 0.648. The minimum atomic E-state index is -0.931. The van der Waals surface area contributed by atoms with Crippen LogP contribution in [0.1, 0.15) is 28.8 Å². The summed E-state index contributed by atoms with van der Waals surface area (Å²) in [7, 11) is 0. The Labute approximate surface area is 130 Å². The molecule has 0 bridgehead atoms. The van der Waals surface area contributed by atoms with Crippen LogP contribution in [-0.4, -0.2) is 24.3 Å². The Morgan fingerprint density at radius 3 is 2.18 bits per heavy atom. The summed E-state index contributed by atoms with van der Waals surface area (Å²) < 4.78 is 11.2. The Kier molecular flexibility index (Phi) is 5.83. The van der Waals surface area contributed by atoms with Gasteiger partial charge in [-0.25, -0.2) is 4.79 Å². The molecule has 0 fully saturated rings. The van der Waals surface area contributed by atoms with Crippen molar-refractivity contribution in [3.05, 3.63) is 59.7 Å². The van der Waals surface area contributed by atoms with Crippen LogP contribution in [0.2, 0.25) is 0 Å². The molecule has 2 aromatic carbocycles. The normalized spacial score (nSPS) is 10.2. The van der Waals surface area contributed by atoms with Gasteiger partial charge in [0.1, 0.15) is 11.5 Å². The molecule has 0 aliphatic rings. The zero-order valence-corrected chi connectivity index (χ0v) is 12.6. The number of carboxylic acids is 1. The minimum Gasteiger partial charge on any atom is -0.494 e. The van der Waals surface area contributed by atoms with Crippen LogP contribution in [0.15, 0.2) is 48.5 Å². The van der Waals surface area contributed by atoms with Crippen LogP contribution < -0.4 is 9.47 Å². The van der Waals surface area contributed by atoms with Crippen LogP contribution in [0.3, 0.4) is 0 Å². The van der Waals surface area contributed by atoms with E-state index in [0.29, 0.717) is 19.0 Å². The van der Waals surface area contributed by atoms with Crippen LogP contribution >= 0.6 is 0 Å². The summed E-state index contributed by atoms with van der Waals surface area (Å²) in [5.41, 5.74) is 1.45.